The molecule has 0 saturated carbocycles. The van der Waals surface area contributed by atoms with Crippen LogP contribution >= 0.6 is 11.6 Å². The lowest BCUT2D eigenvalue weighted by Gasteiger charge is -2.08. The quantitative estimate of drug-likeness (QED) is 0.922. The van der Waals surface area contributed by atoms with E-state index in [1.54, 1.807) is 6.07 Å². The molecule has 0 unspecified atom stereocenters. The maximum absolute atomic E-state index is 13.1. The average molecular weight is 270 g/mol. The molecule has 2 rings (SSSR count). The molecule has 96 valence electrons. The van der Waals surface area contributed by atoms with Gasteiger partial charge in [0.1, 0.15) is 5.82 Å². The van der Waals surface area contributed by atoms with Crippen molar-refractivity contribution in [2.75, 3.05) is 0 Å². The monoisotopic (exact) mass is 269 g/mol. The molecule has 1 N–H and O–H groups in total. The van der Waals surface area contributed by atoms with Gasteiger partial charge in [-0.3, -0.25) is 0 Å². The van der Waals surface area contributed by atoms with Crippen LogP contribution < -0.4 is 5.32 Å². The third-order valence-electron chi connectivity index (χ3n) is 2.35. The van der Waals surface area contributed by atoms with E-state index in [4.69, 9.17) is 11.6 Å². The van der Waals surface area contributed by atoms with E-state index in [0.29, 0.717) is 24.1 Å². The number of nitrogens with zero attached hydrogens (tertiary/aromatic N) is 4. The highest BCUT2D eigenvalue weighted by atomic mass is 35.5. The standard InChI is InChI=1S/C11H13ClFN5/c1-7(2)14-6-11-15-16-17-18(11)8-3-4-10(13)9(12)5-8/h3-5,7,14H,6H2,1-2H3. The minimum absolute atomic E-state index is 0.0470. The molecule has 0 aliphatic heterocycles. The number of nitrogens with one attached hydrogen (secondary N) is 1. The summed E-state index contributed by atoms with van der Waals surface area (Å²) >= 11 is 5.74. The van der Waals surface area contributed by atoms with Crippen molar-refractivity contribution in [1.29, 1.82) is 0 Å². The van der Waals surface area contributed by atoms with Gasteiger partial charge in [-0.2, -0.15) is 4.68 Å². The number of aromatic nitrogens is 4. The molecule has 0 bridgehead atoms. The number of hydrogen-bond acceptors (Lipinski definition) is 4. The van der Waals surface area contributed by atoms with Crippen LogP contribution in [0.3, 0.4) is 0 Å². The summed E-state index contributed by atoms with van der Waals surface area (Å²) in [6, 6.07) is 4.69. The van der Waals surface area contributed by atoms with E-state index in [1.807, 2.05) is 13.8 Å². The van der Waals surface area contributed by atoms with E-state index in [2.05, 4.69) is 20.8 Å². The molecule has 7 heteroatoms. The molecule has 0 aliphatic carbocycles. The molecule has 0 spiro atoms. The van der Waals surface area contributed by atoms with Gasteiger partial charge in [0.05, 0.1) is 17.3 Å². The fourth-order valence-electron chi connectivity index (χ4n) is 1.43. The van der Waals surface area contributed by atoms with Crippen LogP contribution in [-0.4, -0.2) is 26.2 Å². The topological polar surface area (TPSA) is 55.6 Å². The van der Waals surface area contributed by atoms with E-state index in [-0.39, 0.29) is 5.02 Å². The number of halogens is 2. The molecule has 0 aliphatic rings. The highest BCUT2D eigenvalue weighted by Crippen LogP contribution is 2.18. The smallest absolute Gasteiger partial charge is 0.170 e. The van der Waals surface area contributed by atoms with Gasteiger partial charge in [0.2, 0.25) is 0 Å². The zero-order valence-corrected chi connectivity index (χ0v) is 10.8. The first kappa shape index (κ1) is 12.9. The van der Waals surface area contributed by atoms with Crippen molar-refractivity contribution >= 4 is 11.6 Å². The summed E-state index contributed by atoms with van der Waals surface area (Å²) in [6.07, 6.45) is 0. The molecule has 0 saturated heterocycles. The summed E-state index contributed by atoms with van der Waals surface area (Å²) in [4.78, 5) is 0. The van der Waals surface area contributed by atoms with E-state index in [0.717, 1.165) is 0 Å². The second-order valence-corrected chi connectivity index (χ2v) is 4.55. The zero-order valence-electron chi connectivity index (χ0n) is 10.1. The lowest BCUT2D eigenvalue weighted by atomic mass is 10.3. The minimum Gasteiger partial charge on any atom is -0.308 e. The summed E-state index contributed by atoms with van der Waals surface area (Å²) in [5.41, 5.74) is 0.631. The van der Waals surface area contributed by atoms with Gasteiger partial charge < -0.3 is 5.32 Å². The molecule has 18 heavy (non-hydrogen) atoms. The predicted octanol–water partition coefficient (Wildman–Crippen LogP) is 1.95. The molecule has 0 amide bonds. The van der Waals surface area contributed by atoms with E-state index < -0.39 is 5.82 Å². The van der Waals surface area contributed by atoms with Crippen molar-refractivity contribution in [3.05, 3.63) is 34.9 Å². The van der Waals surface area contributed by atoms with Crippen LogP contribution in [0.15, 0.2) is 18.2 Å². The maximum atomic E-state index is 13.1. The van der Waals surface area contributed by atoms with Crippen LogP contribution in [0.4, 0.5) is 4.39 Å². The molecular weight excluding hydrogens is 257 g/mol. The normalized spacial score (nSPS) is 11.2. The molecule has 1 aromatic carbocycles. The Morgan fingerprint density at radius 3 is 2.89 bits per heavy atom. The fourth-order valence-corrected chi connectivity index (χ4v) is 1.60. The highest BCUT2D eigenvalue weighted by Gasteiger charge is 2.10. The summed E-state index contributed by atoms with van der Waals surface area (Å²) < 4.78 is 14.6. The third kappa shape index (κ3) is 2.83. The zero-order chi connectivity index (χ0) is 13.1. The first-order valence-electron chi connectivity index (χ1n) is 5.54. The average Bonchev–Trinajstić information content (AvgIpc) is 2.78. The second-order valence-electron chi connectivity index (χ2n) is 4.14. The Bertz CT molecular complexity index is 540. The van der Waals surface area contributed by atoms with Crippen LogP contribution in [0, 0.1) is 5.82 Å². The van der Waals surface area contributed by atoms with Gasteiger partial charge in [0.25, 0.3) is 0 Å². The summed E-state index contributed by atoms with van der Waals surface area (Å²) in [5, 5.41) is 14.7. The Balaban J connectivity index is 2.27. The Kier molecular flexibility index (Phi) is 3.88. The van der Waals surface area contributed by atoms with Gasteiger partial charge in [-0.15, -0.1) is 5.10 Å². The van der Waals surface area contributed by atoms with E-state index in [1.165, 1.54) is 16.8 Å². The summed E-state index contributed by atoms with van der Waals surface area (Å²) in [7, 11) is 0. The molecule has 1 heterocycles. The molecule has 5 nitrogen and oxygen atoms in total. The molecular formula is C11H13ClFN5. The highest BCUT2D eigenvalue weighted by molar-refractivity contribution is 6.30. The minimum atomic E-state index is -0.463. The van der Waals surface area contributed by atoms with Gasteiger partial charge in [-0.25, -0.2) is 4.39 Å². The first-order valence-corrected chi connectivity index (χ1v) is 5.92. The van der Waals surface area contributed by atoms with Crippen molar-refractivity contribution in [2.45, 2.75) is 26.4 Å². The Labute approximate surface area is 109 Å². The van der Waals surface area contributed by atoms with Crippen LogP contribution in [-0.2, 0) is 6.54 Å². The molecule has 2 aromatic rings. The second kappa shape index (κ2) is 5.41. The molecule has 0 radical (unpaired) electrons. The Morgan fingerprint density at radius 1 is 1.44 bits per heavy atom. The van der Waals surface area contributed by atoms with Crippen LogP contribution in [0.25, 0.3) is 5.69 Å². The number of benzene rings is 1. The summed E-state index contributed by atoms with van der Waals surface area (Å²) in [5.74, 6) is 0.182. The van der Waals surface area contributed by atoms with Crippen molar-refractivity contribution in [3.63, 3.8) is 0 Å². The van der Waals surface area contributed by atoms with Crippen molar-refractivity contribution in [1.82, 2.24) is 25.5 Å². The van der Waals surface area contributed by atoms with Gasteiger partial charge in [-0.1, -0.05) is 25.4 Å². The number of tetrazole rings is 1. The van der Waals surface area contributed by atoms with Crippen molar-refractivity contribution in [3.8, 4) is 5.69 Å². The lowest BCUT2D eigenvalue weighted by molar-refractivity contribution is 0.563. The Hall–Kier alpha value is -1.53. The van der Waals surface area contributed by atoms with Crippen LogP contribution in [0.5, 0.6) is 0 Å². The molecule has 1 aromatic heterocycles. The van der Waals surface area contributed by atoms with Gasteiger partial charge in [0, 0.05) is 6.04 Å². The van der Waals surface area contributed by atoms with E-state index >= 15 is 0 Å². The van der Waals surface area contributed by atoms with Crippen molar-refractivity contribution < 1.29 is 4.39 Å². The van der Waals surface area contributed by atoms with Gasteiger partial charge in [0.15, 0.2) is 5.82 Å². The van der Waals surface area contributed by atoms with Gasteiger partial charge in [-0.05, 0) is 28.6 Å². The fraction of sp³-hybridized carbons (Fsp3) is 0.364. The SMILES string of the molecule is CC(C)NCc1nnnn1-c1ccc(F)c(Cl)c1. The summed E-state index contributed by atoms with van der Waals surface area (Å²) in [6.45, 7) is 4.59. The van der Waals surface area contributed by atoms with Crippen LogP contribution in [0.1, 0.15) is 19.7 Å². The largest absolute Gasteiger partial charge is 0.308 e. The number of hydrogen-bond donors (Lipinski definition) is 1. The molecule has 0 fully saturated rings. The van der Waals surface area contributed by atoms with E-state index in [9.17, 15) is 4.39 Å². The van der Waals surface area contributed by atoms with Crippen molar-refractivity contribution in [2.24, 2.45) is 0 Å². The number of rotatable bonds is 4. The Morgan fingerprint density at radius 2 is 2.22 bits per heavy atom. The van der Waals surface area contributed by atoms with Gasteiger partial charge >= 0.3 is 0 Å². The first-order chi connectivity index (χ1) is 8.58. The predicted molar refractivity (Wildman–Crippen MR) is 66.1 cm³/mol. The van der Waals surface area contributed by atoms with Crippen LogP contribution in [0.2, 0.25) is 5.02 Å². The lowest BCUT2D eigenvalue weighted by Crippen LogP contribution is -2.24. The maximum Gasteiger partial charge on any atom is 0.170 e. The molecule has 0 atom stereocenters. The third-order valence-corrected chi connectivity index (χ3v) is 2.64.